The van der Waals surface area contributed by atoms with Crippen LogP contribution in [-0.2, 0) is 9.47 Å². The standard InChI is InChI=1S/C13H17BrO2/c1-3-12(11-8-6-5-7-9-11)16-13(10-14)15-4-2/h3,5-9,12-13H,1,4,10H2,2H3. The maximum atomic E-state index is 5.79. The molecule has 0 spiro atoms. The Labute approximate surface area is 105 Å². The van der Waals surface area contributed by atoms with Crippen LogP contribution in [0, 0.1) is 0 Å². The van der Waals surface area contributed by atoms with Crippen LogP contribution in [0.1, 0.15) is 18.6 Å². The van der Waals surface area contributed by atoms with E-state index < -0.39 is 0 Å². The molecule has 0 aliphatic heterocycles. The molecule has 0 aliphatic carbocycles. The Balaban J connectivity index is 2.64. The zero-order valence-electron chi connectivity index (χ0n) is 9.43. The summed E-state index contributed by atoms with van der Waals surface area (Å²) in [5.41, 5.74) is 1.09. The van der Waals surface area contributed by atoms with Crippen molar-refractivity contribution in [3.8, 4) is 0 Å². The Hall–Kier alpha value is -0.640. The third-order valence-electron chi connectivity index (χ3n) is 2.12. The number of hydrogen-bond donors (Lipinski definition) is 0. The van der Waals surface area contributed by atoms with Crippen molar-refractivity contribution in [2.24, 2.45) is 0 Å². The molecule has 88 valence electrons. The largest absolute Gasteiger partial charge is 0.352 e. The Morgan fingerprint density at radius 1 is 1.38 bits per heavy atom. The molecule has 0 N–H and O–H groups in total. The van der Waals surface area contributed by atoms with Crippen LogP contribution >= 0.6 is 15.9 Å². The quantitative estimate of drug-likeness (QED) is 0.432. The van der Waals surface area contributed by atoms with Crippen LogP contribution in [0.15, 0.2) is 43.0 Å². The summed E-state index contributed by atoms with van der Waals surface area (Å²) in [5.74, 6) is 0. The molecule has 0 aliphatic rings. The minimum atomic E-state index is -0.242. The average molecular weight is 285 g/mol. The molecule has 0 saturated carbocycles. The van der Waals surface area contributed by atoms with Gasteiger partial charge in [0.05, 0.1) is 5.33 Å². The third kappa shape index (κ3) is 4.08. The van der Waals surface area contributed by atoms with E-state index in [0.29, 0.717) is 11.9 Å². The number of rotatable bonds is 7. The zero-order valence-corrected chi connectivity index (χ0v) is 11.0. The van der Waals surface area contributed by atoms with Gasteiger partial charge in [0.1, 0.15) is 6.10 Å². The molecule has 0 fully saturated rings. The molecule has 0 bridgehead atoms. The number of alkyl halides is 1. The summed E-state index contributed by atoms with van der Waals surface area (Å²) in [6, 6.07) is 9.99. The summed E-state index contributed by atoms with van der Waals surface area (Å²) in [4.78, 5) is 0. The van der Waals surface area contributed by atoms with E-state index in [1.807, 2.05) is 37.3 Å². The highest BCUT2D eigenvalue weighted by Crippen LogP contribution is 2.21. The maximum absolute atomic E-state index is 5.79. The highest BCUT2D eigenvalue weighted by atomic mass is 79.9. The van der Waals surface area contributed by atoms with Gasteiger partial charge in [-0.25, -0.2) is 0 Å². The van der Waals surface area contributed by atoms with Gasteiger partial charge in [0.15, 0.2) is 6.29 Å². The number of hydrogen-bond acceptors (Lipinski definition) is 2. The minimum absolute atomic E-state index is 0.129. The van der Waals surface area contributed by atoms with E-state index in [2.05, 4.69) is 22.5 Å². The first-order valence-electron chi connectivity index (χ1n) is 5.32. The summed E-state index contributed by atoms with van der Waals surface area (Å²) in [7, 11) is 0. The van der Waals surface area contributed by atoms with Gasteiger partial charge in [-0.2, -0.15) is 0 Å². The molecule has 2 unspecified atom stereocenters. The van der Waals surface area contributed by atoms with Gasteiger partial charge in [-0.15, -0.1) is 6.58 Å². The average Bonchev–Trinajstić information content (AvgIpc) is 2.35. The molecule has 1 aromatic rings. The van der Waals surface area contributed by atoms with Crippen LogP contribution in [-0.4, -0.2) is 18.2 Å². The minimum Gasteiger partial charge on any atom is -0.352 e. The summed E-state index contributed by atoms with van der Waals surface area (Å²) >= 11 is 3.36. The summed E-state index contributed by atoms with van der Waals surface area (Å²) in [6.45, 7) is 6.37. The predicted molar refractivity (Wildman–Crippen MR) is 69.7 cm³/mol. The number of benzene rings is 1. The maximum Gasteiger partial charge on any atom is 0.168 e. The molecule has 1 rings (SSSR count). The fourth-order valence-electron chi connectivity index (χ4n) is 1.38. The summed E-state index contributed by atoms with van der Waals surface area (Å²) < 4.78 is 11.2. The second-order valence-corrected chi connectivity index (χ2v) is 3.89. The van der Waals surface area contributed by atoms with Gasteiger partial charge in [0.25, 0.3) is 0 Å². The molecule has 2 nitrogen and oxygen atoms in total. The van der Waals surface area contributed by atoms with Crippen molar-refractivity contribution >= 4 is 15.9 Å². The highest BCUT2D eigenvalue weighted by Gasteiger charge is 2.14. The first-order chi connectivity index (χ1) is 7.81. The van der Waals surface area contributed by atoms with Gasteiger partial charge < -0.3 is 9.47 Å². The molecule has 1 aromatic carbocycles. The van der Waals surface area contributed by atoms with E-state index in [-0.39, 0.29) is 12.4 Å². The van der Waals surface area contributed by atoms with Crippen molar-refractivity contribution in [3.63, 3.8) is 0 Å². The lowest BCUT2D eigenvalue weighted by molar-refractivity contribution is -0.143. The zero-order chi connectivity index (χ0) is 11.8. The van der Waals surface area contributed by atoms with E-state index in [0.717, 1.165) is 5.56 Å². The first kappa shape index (κ1) is 13.4. The van der Waals surface area contributed by atoms with Gasteiger partial charge in [-0.05, 0) is 12.5 Å². The molecule has 0 heterocycles. The summed E-state index contributed by atoms with van der Waals surface area (Å²) in [6.07, 6.45) is 1.41. The van der Waals surface area contributed by atoms with Crippen molar-refractivity contribution in [2.75, 3.05) is 11.9 Å². The van der Waals surface area contributed by atoms with E-state index >= 15 is 0 Å². The fraction of sp³-hybridized carbons (Fsp3) is 0.385. The van der Waals surface area contributed by atoms with Crippen molar-refractivity contribution in [1.29, 1.82) is 0 Å². The highest BCUT2D eigenvalue weighted by molar-refractivity contribution is 9.09. The molecule has 3 heteroatoms. The monoisotopic (exact) mass is 284 g/mol. The second-order valence-electron chi connectivity index (χ2n) is 3.24. The number of halogens is 1. The summed E-state index contributed by atoms with van der Waals surface area (Å²) in [5, 5.41) is 0.651. The molecule has 0 radical (unpaired) electrons. The third-order valence-corrected chi connectivity index (χ3v) is 2.65. The lowest BCUT2D eigenvalue weighted by Crippen LogP contribution is -2.21. The molecule has 0 amide bonds. The smallest absolute Gasteiger partial charge is 0.168 e. The lowest BCUT2D eigenvalue weighted by atomic mass is 10.1. The molecular weight excluding hydrogens is 268 g/mol. The van der Waals surface area contributed by atoms with Crippen LogP contribution < -0.4 is 0 Å². The van der Waals surface area contributed by atoms with Crippen LogP contribution in [0.2, 0.25) is 0 Å². The normalized spacial score (nSPS) is 14.4. The fourth-order valence-corrected chi connectivity index (χ4v) is 1.72. The Bertz CT molecular complexity index is 300. The lowest BCUT2D eigenvalue weighted by Gasteiger charge is -2.21. The Morgan fingerprint density at radius 3 is 2.56 bits per heavy atom. The Morgan fingerprint density at radius 2 is 2.06 bits per heavy atom. The van der Waals surface area contributed by atoms with E-state index in [9.17, 15) is 0 Å². The van der Waals surface area contributed by atoms with Crippen molar-refractivity contribution in [1.82, 2.24) is 0 Å². The van der Waals surface area contributed by atoms with Gasteiger partial charge in [-0.1, -0.05) is 52.3 Å². The molecule has 16 heavy (non-hydrogen) atoms. The van der Waals surface area contributed by atoms with Crippen molar-refractivity contribution in [3.05, 3.63) is 48.6 Å². The van der Waals surface area contributed by atoms with Crippen LogP contribution in [0.5, 0.6) is 0 Å². The van der Waals surface area contributed by atoms with Gasteiger partial charge in [-0.3, -0.25) is 0 Å². The van der Waals surface area contributed by atoms with Crippen LogP contribution in [0.25, 0.3) is 0 Å². The molecule has 2 atom stereocenters. The number of ether oxygens (including phenoxy) is 2. The van der Waals surface area contributed by atoms with Gasteiger partial charge in [0, 0.05) is 6.61 Å². The SMILES string of the molecule is C=CC(OC(CBr)OCC)c1ccccc1. The van der Waals surface area contributed by atoms with Crippen molar-refractivity contribution < 1.29 is 9.47 Å². The molecule has 0 aromatic heterocycles. The van der Waals surface area contributed by atoms with Gasteiger partial charge in [0.2, 0.25) is 0 Å². The molecular formula is C13H17BrO2. The second kappa shape index (κ2) is 7.60. The van der Waals surface area contributed by atoms with E-state index in [1.165, 1.54) is 0 Å². The predicted octanol–water partition coefficient (Wildman–Crippen LogP) is 3.69. The topological polar surface area (TPSA) is 18.5 Å². The van der Waals surface area contributed by atoms with Gasteiger partial charge >= 0.3 is 0 Å². The Kier molecular flexibility index (Phi) is 6.38. The van der Waals surface area contributed by atoms with E-state index in [4.69, 9.17) is 9.47 Å². The van der Waals surface area contributed by atoms with E-state index in [1.54, 1.807) is 6.08 Å². The van der Waals surface area contributed by atoms with Crippen LogP contribution in [0.3, 0.4) is 0 Å². The van der Waals surface area contributed by atoms with Crippen LogP contribution in [0.4, 0.5) is 0 Å². The van der Waals surface area contributed by atoms with Crippen molar-refractivity contribution in [2.45, 2.75) is 19.3 Å². The first-order valence-corrected chi connectivity index (χ1v) is 6.44. The molecule has 0 saturated heterocycles.